The summed E-state index contributed by atoms with van der Waals surface area (Å²) in [5, 5.41) is 0. The molecule has 0 spiro atoms. The predicted molar refractivity (Wildman–Crippen MR) is 67.4 cm³/mol. The van der Waals surface area contributed by atoms with Crippen LogP contribution in [0, 0.1) is 0 Å². The van der Waals surface area contributed by atoms with Crippen molar-refractivity contribution in [1.29, 1.82) is 0 Å². The van der Waals surface area contributed by atoms with E-state index in [1.165, 1.54) is 0 Å². The molecule has 0 saturated heterocycles. The molecule has 0 amide bonds. The normalized spacial score (nSPS) is 12.5. The minimum atomic E-state index is 0.597. The van der Waals surface area contributed by atoms with E-state index in [2.05, 4.69) is 42.7 Å². The molecule has 0 bridgehead atoms. The lowest BCUT2D eigenvalue weighted by atomic mass is 10.3. The molecule has 0 aliphatic carbocycles. The molecule has 15 heavy (non-hydrogen) atoms. The van der Waals surface area contributed by atoms with Crippen LogP contribution in [0.2, 0.25) is 0 Å². The first-order chi connectivity index (χ1) is 6.90. The minimum absolute atomic E-state index is 0.597. The van der Waals surface area contributed by atoms with E-state index in [0.717, 1.165) is 19.0 Å². The Bertz CT molecular complexity index is 199. The Morgan fingerprint density at radius 1 is 1.07 bits per heavy atom. The van der Waals surface area contributed by atoms with Gasteiger partial charge in [-0.1, -0.05) is 0 Å². The van der Waals surface area contributed by atoms with E-state index in [4.69, 9.17) is 0 Å². The molecule has 0 aromatic carbocycles. The molecule has 0 aromatic rings. The Labute approximate surface area is 94.6 Å². The number of guanidine groups is 1. The van der Waals surface area contributed by atoms with Gasteiger partial charge in [0.15, 0.2) is 5.96 Å². The summed E-state index contributed by atoms with van der Waals surface area (Å²) in [4.78, 5) is 10.8. The number of likely N-dealkylation sites (N-methyl/N-ethyl adjacent to an activating group) is 2. The molecule has 0 atom stereocenters. The minimum Gasteiger partial charge on any atom is -0.349 e. The van der Waals surface area contributed by atoms with Crippen LogP contribution in [-0.4, -0.2) is 75.0 Å². The highest BCUT2D eigenvalue weighted by atomic mass is 15.3. The second-order valence-corrected chi connectivity index (χ2v) is 4.41. The maximum Gasteiger partial charge on any atom is 0.195 e. The number of nitrogens with zero attached hydrogens (tertiary/aromatic N) is 4. The van der Waals surface area contributed by atoms with Gasteiger partial charge >= 0.3 is 0 Å². The molecular formula is C11H26N4. The lowest BCUT2D eigenvalue weighted by Crippen LogP contribution is -2.42. The van der Waals surface area contributed by atoms with Crippen LogP contribution in [-0.2, 0) is 0 Å². The summed E-state index contributed by atoms with van der Waals surface area (Å²) in [6.45, 7) is 6.47. The highest BCUT2D eigenvalue weighted by Crippen LogP contribution is 1.96. The van der Waals surface area contributed by atoms with Crippen LogP contribution >= 0.6 is 0 Å². The van der Waals surface area contributed by atoms with Gasteiger partial charge in [-0.3, -0.25) is 4.99 Å². The van der Waals surface area contributed by atoms with Gasteiger partial charge < -0.3 is 14.7 Å². The first-order valence-electron chi connectivity index (χ1n) is 5.45. The largest absolute Gasteiger partial charge is 0.349 e. The Hall–Kier alpha value is -0.770. The summed E-state index contributed by atoms with van der Waals surface area (Å²) in [7, 11) is 10.1. The van der Waals surface area contributed by atoms with Crippen molar-refractivity contribution < 1.29 is 0 Å². The van der Waals surface area contributed by atoms with E-state index in [1.807, 2.05) is 26.0 Å². The van der Waals surface area contributed by atoms with Crippen LogP contribution in [0.15, 0.2) is 4.99 Å². The van der Waals surface area contributed by atoms with E-state index < -0.39 is 0 Å². The highest BCUT2D eigenvalue weighted by molar-refractivity contribution is 5.79. The predicted octanol–water partition coefficient (Wildman–Crippen LogP) is 0.806. The van der Waals surface area contributed by atoms with Crippen LogP contribution in [0.4, 0.5) is 0 Å². The third-order valence-corrected chi connectivity index (χ3v) is 2.61. The summed E-state index contributed by atoms with van der Waals surface area (Å²) in [6.07, 6.45) is 0. The van der Waals surface area contributed by atoms with Crippen LogP contribution in [0.5, 0.6) is 0 Å². The third-order valence-electron chi connectivity index (χ3n) is 2.61. The molecule has 90 valence electrons. The number of hydrogen-bond acceptors (Lipinski definition) is 2. The molecule has 0 unspecified atom stereocenters. The molecule has 0 aromatic heterocycles. The van der Waals surface area contributed by atoms with Crippen molar-refractivity contribution in [2.75, 3.05) is 48.3 Å². The van der Waals surface area contributed by atoms with E-state index >= 15 is 0 Å². The van der Waals surface area contributed by atoms with E-state index in [-0.39, 0.29) is 0 Å². The maximum atomic E-state index is 4.26. The molecule has 0 aliphatic rings. The topological polar surface area (TPSA) is 22.1 Å². The fourth-order valence-corrected chi connectivity index (χ4v) is 1.38. The van der Waals surface area contributed by atoms with Gasteiger partial charge in [0.05, 0.1) is 0 Å². The first kappa shape index (κ1) is 14.2. The lowest BCUT2D eigenvalue weighted by molar-refractivity contribution is 0.250. The van der Waals surface area contributed by atoms with Crippen LogP contribution < -0.4 is 0 Å². The molecule has 0 saturated carbocycles. The van der Waals surface area contributed by atoms with Gasteiger partial charge in [0.1, 0.15) is 0 Å². The average Bonchev–Trinajstić information content (AvgIpc) is 2.14. The van der Waals surface area contributed by atoms with Gasteiger partial charge in [-0.15, -0.1) is 0 Å². The molecular weight excluding hydrogens is 188 g/mol. The van der Waals surface area contributed by atoms with Gasteiger partial charge in [0, 0.05) is 47.3 Å². The fraction of sp³-hybridized carbons (Fsp3) is 0.909. The average molecular weight is 214 g/mol. The van der Waals surface area contributed by atoms with Crippen molar-refractivity contribution in [3.05, 3.63) is 0 Å². The molecule has 0 rings (SSSR count). The van der Waals surface area contributed by atoms with Gasteiger partial charge in [-0.2, -0.15) is 0 Å². The summed E-state index contributed by atoms with van der Waals surface area (Å²) >= 11 is 0. The Kier molecular flexibility index (Phi) is 6.32. The molecule has 0 N–H and O–H groups in total. The zero-order chi connectivity index (χ0) is 12.0. The van der Waals surface area contributed by atoms with Crippen molar-refractivity contribution in [1.82, 2.24) is 14.7 Å². The van der Waals surface area contributed by atoms with Crippen molar-refractivity contribution >= 4 is 5.96 Å². The third kappa shape index (κ3) is 5.02. The quantitative estimate of drug-likeness (QED) is 0.511. The van der Waals surface area contributed by atoms with Crippen LogP contribution in [0.3, 0.4) is 0 Å². The van der Waals surface area contributed by atoms with Gasteiger partial charge in [0.2, 0.25) is 0 Å². The van der Waals surface area contributed by atoms with Crippen molar-refractivity contribution in [2.24, 2.45) is 4.99 Å². The molecule has 4 heteroatoms. The molecule has 0 heterocycles. The zero-order valence-electron chi connectivity index (χ0n) is 11.3. The summed E-state index contributed by atoms with van der Waals surface area (Å²) in [5.41, 5.74) is 0. The van der Waals surface area contributed by atoms with E-state index in [1.54, 1.807) is 0 Å². The van der Waals surface area contributed by atoms with Crippen LogP contribution in [0.25, 0.3) is 0 Å². The van der Waals surface area contributed by atoms with Gasteiger partial charge in [-0.25, -0.2) is 0 Å². The number of rotatable bonds is 4. The first-order valence-corrected chi connectivity index (χ1v) is 5.45. The molecule has 0 aliphatic heterocycles. The molecule has 0 fully saturated rings. The summed E-state index contributed by atoms with van der Waals surface area (Å²) in [5.74, 6) is 1.02. The Morgan fingerprint density at radius 2 is 1.60 bits per heavy atom. The van der Waals surface area contributed by atoms with Crippen LogP contribution in [0.1, 0.15) is 13.8 Å². The second kappa shape index (κ2) is 6.67. The lowest BCUT2D eigenvalue weighted by Gasteiger charge is -2.29. The SMILES string of the molecule is CN=C(N(C)C)N(C)CCN(C)C(C)C. The van der Waals surface area contributed by atoms with Crippen molar-refractivity contribution in [3.63, 3.8) is 0 Å². The van der Waals surface area contributed by atoms with E-state index in [9.17, 15) is 0 Å². The van der Waals surface area contributed by atoms with Gasteiger partial charge in [-0.05, 0) is 20.9 Å². The summed E-state index contributed by atoms with van der Waals surface area (Å²) < 4.78 is 0. The molecule has 0 radical (unpaired) electrons. The zero-order valence-corrected chi connectivity index (χ0v) is 11.3. The van der Waals surface area contributed by atoms with Gasteiger partial charge in [0.25, 0.3) is 0 Å². The Morgan fingerprint density at radius 3 is 1.93 bits per heavy atom. The fourth-order valence-electron chi connectivity index (χ4n) is 1.38. The molecule has 4 nitrogen and oxygen atoms in total. The van der Waals surface area contributed by atoms with E-state index in [0.29, 0.717) is 6.04 Å². The Balaban J connectivity index is 4.08. The second-order valence-electron chi connectivity index (χ2n) is 4.41. The maximum absolute atomic E-state index is 4.26. The number of hydrogen-bond donors (Lipinski definition) is 0. The van der Waals surface area contributed by atoms with Crippen molar-refractivity contribution in [2.45, 2.75) is 19.9 Å². The standard InChI is InChI=1S/C11H26N4/c1-10(2)14(6)8-9-15(7)11(12-3)13(4)5/h10H,8-9H2,1-7H3. The van der Waals surface area contributed by atoms with Crippen molar-refractivity contribution in [3.8, 4) is 0 Å². The number of aliphatic imine (C=N–C) groups is 1. The monoisotopic (exact) mass is 214 g/mol. The summed E-state index contributed by atoms with van der Waals surface area (Å²) in [6, 6.07) is 0.597. The highest BCUT2D eigenvalue weighted by Gasteiger charge is 2.09. The smallest absolute Gasteiger partial charge is 0.195 e.